The fraction of sp³-hybridized carbons (Fsp3) is 0.0714. The van der Waals surface area contributed by atoms with Crippen molar-refractivity contribution >= 4 is 11.8 Å². The molecule has 2 rings (SSSR count). The highest BCUT2D eigenvalue weighted by atomic mass is 16.5. The molecule has 0 fully saturated rings. The van der Waals surface area contributed by atoms with Crippen molar-refractivity contribution in [1.29, 1.82) is 0 Å². The first-order valence-electron chi connectivity index (χ1n) is 6.29. The largest absolute Gasteiger partial charge is 0.487 e. The molecule has 6 heteroatoms. The van der Waals surface area contributed by atoms with Gasteiger partial charge in [-0.3, -0.25) is 14.6 Å². The minimum Gasteiger partial charge on any atom is -0.487 e. The predicted molar refractivity (Wildman–Crippen MR) is 72.0 cm³/mol. The number of pyridine rings is 1. The van der Waals surface area contributed by atoms with E-state index in [4.69, 9.17) is 11.9 Å². The van der Waals surface area contributed by atoms with Crippen LogP contribution < -0.4 is 16.2 Å². The van der Waals surface area contributed by atoms with Crippen molar-refractivity contribution in [1.82, 2.24) is 4.98 Å². The summed E-state index contributed by atoms with van der Waals surface area (Å²) in [5.74, 6) is -0.669. The van der Waals surface area contributed by atoms with Crippen LogP contribution in [0.25, 0.3) is 0 Å². The van der Waals surface area contributed by atoms with Crippen LogP contribution in [-0.2, 0) is 6.61 Å². The Morgan fingerprint density at radius 1 is 1.20 bits per heavy atom. The molecule has 102 valence electrons. The number of carbonyl (C=O) groups is 2. The van der Waals surface area contributed by atoms with E-state index in [0.717, 1.165) is 5.56 Å². The molecule has 2 amide bonds. The molecule has 6 nitrogen and oxygen atoms in total. The standard InChI is InChI=1S/C14H13N3O3/c15-13(18)10-3-1-2-9(4-10)8-20-12-5-11(14(16)19)6-17-7-12/h1-7H,8H2,(H2,15,18)(H2,16,19)/i/hD. The Morgan fingerprint density at radius 2 is 2.05 bits per heavy atom. The number of primary amides is 2. The SMILES string of the molecule is [2H]NC(=O)c1cccc(COc2cncc(C(N)=O)c2)c1. The van der Waals surface area contributed by atoms with Gasteiger partial charge in [-0.2, -0.15) is 0 Å². The van der Waals surface area contributed by atoms with Crippen LogP contribution in [0.3, 0.4) is 0 Å². The van der Waals surface area contributed by atoms with Gasteiger partial charge in [-0.15, -0.1) is 0 Å². The van der Waals surface area contributed by atoms with Crippen LogP contribution in [0.4, 0.5) is 0 Å². The van der Waals surface area contributed by atoms with E-state index >= 15 is 0 Å². The van der Waals surface area contributed by atoms with Crippen molar-refractivity contribution in [2.24, 2.45) is 11.5 Å². The smallest absolute Gasteiger partial charge is 0.250 e. The quantitative estimate of drug-likeness (QED) is 0.841. The lowest BCUT2D eigenvalue weighted by atomic mass is 10.1. The number of aromatic nitrogens is 1. The van der Waals surface area contributed by atoms with Gasteiger partial charge in [0.2, 0.25) is 11.8 Å². The molecule has 0 bridgehead atoms. The summed E-state index contributed by atoms with van der Waals surface area (Å²) >= 11 is 0. The minimum absolute atomic E-state index is 0.197. The first kappa shape index (κ1) is 12.2. The lowest BCUT2D eigenvalue weighted by molar-refractivity contribution is 0.0991. The van der Waals surface area contributed by atoms with Crippen molar-refractivity contribution in [3.63, 3.8) is 0 Å². The molecule has 2 aromatic rings. The summed E-state index contributed by atoms with van der Waals surface area (Å²) in [6, 6.07) is 8.20. The van der Waals surface area contributed by atoms with Gasteiger partial charge in [0.15, 0.2) is 1.41 Å². The van der Waals surface area contributed by atoms with Gasteiger partial charge in [0.05, 0.1) is 11.8 Å². The second-order valence-corrected chi connectivity index (χ2v) is 4.09. The molecule has 0 radical (unpaired) electrons. The summed E-state index contributed by atoms with van der Waals surface area (Å²) in [7, 11) is 0. The van der Waals surface area contributed by atoms with E-state index in [2.05, 4.69) is 4.98 Å². The molecule has 0 unspecified atom stereocenters. The van der Waals surface area contributed by atoms with Crippen LogP contribution in [0.1, 0.15) is 26.3 Å². The Kier molecular flexibility index (Phi) is 3.55. The number of amides is 2. The lowest BCUT2D eigenvalue weighted by Gasteiger charge is -2.07. The molecule has 4 N–H and O–H groups in total. The second kappa shape index (κ2) is 5.83. The van der Waals surface area contributed by atoms with Crippen LogP contribution >= 0.6 is 0 Å². The van der Waals surface area contributed by atoms with Crippen LogP contribution in [0, 0.1) is 0 Å². The molecule has 0 saturated carbocycles. The summed E-state index contributed by atoms with van der Waals surface area (Å²) < 4.78 is 12.3. The third kappa shape index (κ3) is 3.32. The van der Waals surface area contributed by atoms with Gasteiger partial charge in [0, 0.05) is 11.8 Å². The Morgan fingerprint density at radius 3 is 2.80 bits per heavy atom. The predicted octanol–water partition coefficient (Wildman–Crippen LogP) is 0.858. The van der Waals surface area contributed by atoms with Gasteiger partial charge in [-0.05, 0) is 23.8 Å². The Bertz CT molecular complexity index is 676. The minimum atomic E-state index is -0.581. The van der Waals surface area contributed by atoms with E-state index in [1.165, 1.54) is 18.5 Å². The molecule has 0 aliphatic rings. The molecule has 1 aromatic heterocycles. The third-order valence-corrected chi connectivity index (χ3v) is 2.59. The van der Waals surface area contributed by atoms with E-state index in [0.29, 0.717) is 11.3 Å². The van der Waals surface area contributed by atoms with E-state index < -0.39 is 11.8 Å². The zero-order valence-electron chi connectivity index (χ0n) is 11.5. The zero-order chi connectivity index (χ0) is 15.2. The summed E-state index contributed by atoms with van der Waals surface area (Å²) in [6.07, 6.45) is 2.82. The highest BCUT2D eigenvalue weighted by Crippen LogP contribution is 2.14. The average Bonchev–Trinajstić information content (AvgIpc) is 2.52. The molecule has 0 spiro atoms. The van der Waals surface area contributed by atoms with Crippen LogP contribution in [0.2, 0.25) is 1.41 Å². The van der Waals surface area contributed by atoms with Gasteiger partial charge < -0.3 is 16.2 Å². The first-order chi connectivity index (χ1) is 10.1. The van der Waals surface area contributed by atoms with Gasteiger partial charge >= 0.3 is 0 Å². The van der Waals surface area contributed by atoms with Gasteiger partial charge in [-0.25, -0.2) is 0 Å². The molecule has 1 heterocycles. The van der Waals surface area contributed by atoms with E-state index in [-0.39, 0.29) is 12.2 Å². The fourth-order valence-corrected chi connectivity index (χ4v) is 1.60. The average molecular weight is 272 g/mol. The number of benzene rings is 1. The monoisotopic (exact) mass is 272 g/mol. The molecule has 0 aliphatic carbocycles. The van der Waals surface area contributed by atoms with Crippen LogP contribution in [0.5, 0.6) is 5.75 Å². The Balaban J connectivity index is 2.08. The third-order valence-electron chi connectivity index (χ3n) is 2.59. The molecular weight excluding hydrogens is 258 g/mol. The molecule has 1 aromatic carbocycles. The summed E-state index contributed by atoms with van der Waals surface area (Å²) in [4.78, 5) is 26.3. The number of rotatable bonds is 5. The van der Waals surface area contributed by atoms with Crippen molar-refractivity contribution < 1.29 is 15.7 Å². The number of ether oxygens (including phenoxy) is 1. The highest BCUT2D eigenvalue weighted by molar-refractivity contribution is 5.93. The molecule has 0 atom stereocenters. The molecule has 0 saturated heterocycles. The number of hydrogen-bond acceptors (Lipinski definition) is 4. The van der Waals surface area contributed by atoms with Gasteiger partial charge in [0.1, 0.15) is 12.4 Å². The number of nitrogens with zero attached hydrogens (tertiary/aromatic N) is 1. The van der Waals surface area contributed by atoms with Crippen molar-refractivity contribution in [2.75, 3.05) is 0 Å². The molecular formula is C14H13N3O3. The topological polar surface area (TPSA) is 108 Å². The number of nitrogens with two attached hydrogens (primary N) is 2. The second-order valence-electron chi connectivity index (χ2n) is 4.09. The maximum absolute atomic E-state index is 11.4. The van der Waals surface area contributed by atoms with Crippen LogP contribution in [-0.4, -0.2) is 16.8 Å². The Labute approximate surface area is 116 Å². The lowest BCUT2D eigenvalue weighted by Crippen LogP contribution is -2.12. The number of hydrogen-bond donors (Lipinski definition) is 2. The van der Waals surface area contributed by atoms with Crippen molar-refractivity contribution in [3.8, 4) is 5.75 Å². The van der Waals surface area contributed by atoms with E-state index in [1.807, 2.05) is 5.73 Å². The van der Waals surface area contributed by atoms with E-state index in [1.54, 1.807) is 24.3 Å². The van der Waals surface area contributed by atoms with Gasteiger partial charge in [-0.1, -0.05) is 12.1 Å². The Hall–Kier alpha value is -2.89. The fourth-order valence-electron chi connectivity index (χ4n) is 1.60. The zero-order valence-corrected chi connectivity index (χ0v) is 10.5. The molecule has 20 heavy (non-hydrogen) atoms. The molecule has 0 aliphatic heterocycles. The van der Waals surface area contributed by atoms with Gasteiger partial charge in [0.25, 0.3) is 0 Å². The van der Waals surface area contributed by atoms with Crippen molar-refractivity contribution in [2.45, 2.75) is 6.61 Å². The van der Waals surface area contributed by atoms with E-state index in [9.17, 15) is 9.59 Å². The summed E-state index contributed by atoms with van der Waals surface area (Å²) in [6.45, 7) is 0.197. The van der Waals surface area contributed by atoms with Crippen LogP contribution in [0.15, 0.2) is 42.7 Å². The summed E-state index contributed by atoms with van der Waals surface area (Å²) in [5, 5.41) is 0. The maximum Gasteiger partial charge on any atom is 0.250 e. The first-order valence-corrected chi connectivity index (χ1v) is 5.79. The van der Waals surface area contributed by atoms with Crippen molar-refractivity contribution in [3.05, 3.63) is 59.4 Å². The normalized spacial score (nSPS) is 10.5. The number of carbonyl (C=O) groups excluding carboxylic acids is 2. The maximum atomic E-state index is 11.4. The summed E-state index contributed by atoms with van der Waals surface area (Å²) in [5.41, 5.74) is 8.35. The highest BCUT2D eigenvalue weighted by Gasteiger charge is 2.05.